The van der Waals surface area contributed by atoms with Gasteiger partial charge in [0, 0.05) is 16.5 Å². The summed E-state index contributed by atoms with van der Waals surface area (Å²) in [4.78, 5) is 16.3. The Hall–Kier alpha value is -1.55. The molecule has 0 spiro atoms. The van der Waals surface area contributed by atoms with Gasteiger partial charge in [-0.25, -0.2) is 0 Å². The van der Waals surface area contributed by atoms with Crippen molar-refractivity contribution in [2.75, 3.05) is 0 Å². The van der Waals surface area contributed by atoms with Gasteiger partial charge in [0.15, 0.2) is 0 Å². The van der Waals surface area contributed by atoms with Gasteiger partial charge in [-0.2, -0.15) is 0 Å². The minimum absolute atomic E-state index is 0.449. The molecule has 1 heterocycles. The van der Waals surface area contributed by atoms with Crippen molar-refractivity contribution < 1.29 is 9.90 Å². The molecule has 1 fully saturated rings. The van der Waals surface area contributed by atoms with Crippen LogP contribution in [0, 0.1) is 0 Å². The van der Waals surface area contributed by atoms with Gasteiger partial charge in [0.05, 0.1) is 5.52 Å². The number of fused-ring (bicyclic) bond motifs is 1. The van der Waals surface area contributed by atoms with Crippen LogP contribution in [0.4, 0.5) is 0 Å². The van der Waals surface area contributed by atoms with E-state index in [1.54, 1.807) is 13.1 Å². The lowest BCUT2D eigenvalue weighted by atomic mass is 10.1. The zero-order chi connectivity index (χ0) is 13.4. The molecule has 0 aliphatic heterocycles. The van der Waals surface area contributed by atoms with Crippen molar-refractivity contribution >= 4 is 28.6 Å². The van der Waals surface area contributed by atoms with Crippen LogP contribution in [0.5, 0.6) is 0 Å². The molecule has 1 unspecified atom stereocenters. The second-order valence-corrected chi connectivity index (χ2v) is 6.34. The molecule has 1 aliphatic carbocycles. The third-order valence-electron chi connectivity index (χ3n) is 3.43. The Bertz CT molecular complexity index is 637. The molecule has 98 valence electrons. The maximum Gasteiger partial charge on any atom is 0.316 e. The van der Waals surface area contributed by atoms with Crippen LogP contribution in [-0.2, 0) is 4.79 Å². The number of hydrogen-bond acceptors (Lipinski definition) is 3. The summed E-state index contributed by atoms with van der Waals surface area (Å²) in [6, 6.07) is 8.26. The van der Waals surface area contributed by atoms with Gasteiger partial charge in [-0.15, -0.1) is 11.8 Å². The molecule has 0 bridgehead atoms. The number of thioether (sulfide) groups is 1. The Morgan fingerprint density at radius 1 is 1.42 bits per heavy atom. The lowest BCUT2D eigenvalue weighted by Crippen LogP contribution is -2.11. The van der Waals surface area contributed by atoms with Crippen molar-refractivity contribution in [2.45, 2.75) is 35.8 Å². The monoisotopic (exact) mass is 273 g/mol. The van der Waals surface area contributed by atoms with Crippen LogP contribution in [0.15, 0.2) is 35.4 Å². The maximum atomic E-state index is 11.0. The molecule has 1 atom stereocenters. The van der Waals surface area contributed by atoms with E-state index < -0.39 is 11.2 Å². The molecule has 1 saturated carbocycles. The minimum Gasteiger partial charge on any atom is -0.480 e. The van der Waals surface area contributed by atoms with E-state index in [0.29, 0.717) is 5.92 Å². The third kappa shape index (κ3) is 2.59. The van der Waals surface area contributed by atoms with Crippen molar-refractivity contribution in [3.8, 4) is 0 Å². The number of benzene rings is 1. The standard InChI is InChI=1S/C15H15NO2S/c1-9(15(17)18)19-14-6-7-16-13-5-4-11(8-12(13)14)10-2-3-10/h4-10H,2-3H2,1H3,(H,17,18). The molecule has 1 aliphatic rings. The summed E-state index contributed by atoms with van der Waals surface area (Å²) in [6.07, 6.45) is 4.27. The number of carboxylic acids is 1. The highest BCUT2D eigenvalue weighted by molar-refractivity contribution is 8.00. The van der Waals surface area contributed by atoms with E-state index in [2.05, 4.69) is 17.1 Å². The van der Waals surface area contributed by atoms with E-state index >= 15 is 0 Å². The molecule has 3 nitrogen and oxygen atoms in total. The van der Waals surface area contributed by atoms with Gasteiger partial charge in [-0.05, 0) is 49.4 Å². The molecule has 4 heteroatoms. The first kappa shape index (κ1) is 12.5. The number of rotatable bonds is 4. The van der Waals surface area contributed by atoms with Crippen molar-refractivity contribution in [1.29, 1.82) is 0 Å². The van der Waals surface area contributed by atoms with Crippen molar-refractivity contribution in [2.24, 2.45) is 0 Å². The largest absolute Gasteiger partial charge is 0.480 e. The second-order valence-electron chi connectivity index (χ2n) is 4.96. The molecule has 1 aromatic heterocycles. The zero-order valence-electron chi connectivity index (χ0n) is 10.7. The first-order valence-corrected chi connectivity index (χ1v) is 7.31. The van der Waals surface area contributed by atoms with Gasteiger partial charge >= 0.3 is 5.97 Å². The first-order chi connectivity index (χ1) is 9.15. The number of carboxylic acid groups (broad SMARTS) is 1. The first-order valence-electron chi connectivity index (χ1n) is 6.43. The number of carbonyl (C=O) groups is 1. The Kier molecular flexibility index (Phi) is 3.19. The number of pyridine rings is 1. The quantitative estimate of drug-likeness (QED) is 0.863. The van der Waals surface area contributed by atoms with Crippen molar-refractivity contribution in [3.63, 3.8) is 0 Å². The summed E-state index contributed by atoms with van der Waals surface area (Å²) in [5, 5.41) is 9.66. The van der Waals surface area contributed by atoms with Crippen molar-refractivity contribution in [3.05, 3.63) is 36.0 Å². The van der Waals surface area contributed by atoms with Crippen LogP contribution in [0.1, 0.15) is 31.2 Å². The van der Waals surface area contributed by atoms with E-state index in [4.69, 9.17) is 5.11 Å². The fraction of sp³-hybridized carbons (Fsp3) is 0.333. The molecule has 2 aromatic rings. The summed E-state index contributed by atoms with van der Waals surface area (Å²) >= 11 is 1.38. The van der Waals surface area contributed by atoms with Crippen molar-refractivity contribution in [1.82, 2.24) is 4.98 Å². The molecular formula is C15H15NO2S. The van der Waals surface area contributed by atoms with E-state index in [0.717, 1.165) is 15.8 Å². The Labute approximate surface area is 116 Å². The SMILES string of the molecule is CC(Sc1ccnc2ccc(C3CC3)cc12)C(=O)O. The molecule has 1 N–H and O–H groups in total. The molecular weight excluding hydrogens is 258 g/mol. The lowest BCUT2D eigenvalue weighted by Gasteiger charge is -2.10. The Morgan fingerprint density at radius 2 is 2.21 bits per heavy atom. The predicted molar refractivity (Wildman–Crippen MR) is 76.7 cm³/mol. The molecule has 0 saturated heterocycles. The van der Waals surface area contributed by atoms with E-state index in [1.165, 1.54) is 30.2 Å². The third-order valence-corrected chi connectivity index (χ3v) is 4.59. The average Bonchev–Trinajstić information content (AvgIpc) is 3.23. The summed E-state index contributed by atoms with van der Waals surface area (Å²) in [7, 11) is 0. The zero-order valence-corrected chi connectivity index (χ0v) is 11.5. The summed E-state index contributed by atoms with van der Waals surface area (Å²) in [5.41, 5.74) is 2.29. The van der Waals surface area contributed by atoms with E-state index in [9.17, 15) is 4.79 Å². The van der Waals surface area contributed by atoms with Gasteiger partial charge in [0.25, 0.3) is 0 Å². The highest BCUT2D eigenvalue weighted by Gasteiger charge is 2.24. The molecule has 3 rings (SSSR count). The topological polar surface area (TPSA) is 50.2 Å². The normalized spacial score (nSPS) is 16.5. The Balaban J connectivity index is 2.02. The van der Waals surface area contributed by atoms with Crippen LogP contribution in [0.3, 0.4) is 0 Å². The number of aromatic nitrogens is 1. The number of hydrogen-bond donors (Lipinski definition) is 1. The van der Waals surface area contributed by atoms with Crippen LogP contribution in [0.25, 0.3) is 10.9 Å². The summed E-state index contributed by atoms with van der Waals surface area (Å²) in [5.74, 6) is -0.0901. The van der Waals surface area contributed by atoms with Crippen LogP contribution < -0.4 is 0 Å². The Morgan fingerprint density at radius 3 is 2.89 bits per heavy atom. The van der Waals surface area contributed by atoms with Crippen LogP contribution in [-0.4, -0.2) is 21.3 Å². The van der Waals surface area contributed by atoms with Gasteiger partial charge in [0.2, 0.25) is 0 Å². The average molecular weight is 273 g/mol. The minimum atomic E-state index is -0.784. The van der Waals surface area contributed by atoms with Gasteiger partial charge < -0.3 is 5.11 Å². The highest BCUT2D eigenvalue weighted by Crippen LogP contribution is 2.41. The fourth-order valence-electron chi connectivity index (χ4n) is 2.15. The summed E-state index contributed by atoms with van der Waals surface area (Å²) in [6.45, 7) is 1.71. The molecule has 19 heavy (non-hydrogen) atoms. The number of nitrogens with zero attached hydrogens (tertiary/aromatic N) is 1. The predicted octanol–water partition coefficient (Wildman–Crippen LogP) is 3.68. The molecule has 1 aromatic carbocycles. The maximum absolute atomic E-state index is 11.0. The van der Waals surface area contributed by atoms with Crippen LogP contribution in [0.2, 0.25) is 0 Å². The number of aliphatic carboxylic acids is 1. The molecule has 0 radical (unpaired) electrons. The van der Waals surface area contributed by atoms with E-state index in [1.807, 2.05) is 12.1 Å². The van der Waals surface area contributed by atoms with Gasteiger partial charge in [-0.3, -0.25) is 9.78 Å². The van der Waals surface area contributed by atoms with Gasteiger partial charge in [0.1, 0.15) is 5.25 Å². The molecule has 0 amide bonds. The van der Waals surface area contributed by atoms with E-state index in [-0.39, 0.29) is 0 Å². The highest BCUT2D eigenvalue weighted by atomic mass is 32.2. The van der Waals surface area contributed by atoms with Gasteiger partial charge in [-0.1, -0.05) is 6.07 Å². The fourth-order valence-corrected chi connectivity index (χ4v) is 3.06. The van der Waals surface area contributed by atoms with Crippen LogP contribution >= 0.6 is 11.8 Å². The second kappa shape index (κ2) is 4.85. The summed E-state index contributed by atoms with van der Waals surface area (Å²) < 4.78 is 0. The smallest absolute Gasteiger partial charge is 0.316 e. The lowest BCUT2D eigenvalue weighted by molar-refractivity contribution is -0.136.